The lowest BCUT2D eigenvalue weighted by molar-refractivity contribution is -0.110. The molecule has 8 heteroatoms. The molecule has 1 saturated heterocycles. The molecule has 0 radical (unpaired) electrons. The number of hydroxylamine groups is 2. The van der Waals surface area contributed by atoms with Crippen LogP contribution in [0, 0.1) is 5.82 Å². The lowest BCUT2D eigenvalue weighted by Crippen LogP contribution is -2.39. The van der Waals surface area contributed by atoms with E-state index in [0.29, 0.717) is 5.02 Å². The first-order valence-electron chi connectivity index (χ1n) is 7.71. The molecule has 1 aliphatic rings. The summed E-state index contributed by atoms with van der Waals surface area (Å²) in [4.78, 5) is 5.43. The van der Waals surface area contributed by atoms with Crippen LogP contribution in [0.2, 0.25) is 5.02 Å². The third-order valence-corrected chi connectivity index (χ3v) is 6.17. The fraction of sp³-hybridized carbons (Fsp3) is 0.294. The van der Waals surface area contributed by atoms with Gasteiger partial charge in [-0.2, -0.15) is 5.06 Å². The van der Waals surface area contributed by atoms with E-state index in [2.05, 4.69) is 4.72 Å². The van der Waals surface area contributed by atoms with Crippen molar-refractivity contribution < 1.29 is 17.6 Å². The molecule has 0 saturated carbocycles. The normalized spacial score (nSPS) is 21.6. The summed E-state index contributed by atoms with van der Waals surface area (Å²) >= 11 is 6.03. The molecule has 1 N–H and O–H groups in total. The fourth-order valence-electron chi connectivity index (χ4n) is 2.90. The highest BCUT2D eigenvalue weighted by Gasteiger charge is 2.43. The van der Waals surface area contributed by atoms with Crippen molar-refractivity contribution in [2.24, 2.45) is 0 Å². The Bertz CT molecular complexity index is 862. The highest BCUT2D eigenvalue weighted by Crippen LogP contribution is 2.34. The number of benzene rings is 2. The first kappa shape index (κ1) is 18.3. The number of halogens is 2. The van der Waals surface area contributed by atoms with Gasteiger partial charge in [0.15, 0.2) is 0 Å². The van der Waals surface area contributed by atoms with E-state index in [4.69, 9.17) is 16.4 Å². The van der Waals surface area contributed by atoms with Crippen LogP contribution < -0.4 is 4.72 Å². The summed E-state index contributed by atoms with van der Waals surface area (Å²) in [6.45, 7) is -0.0994. The Hall–Kier alpha value is -1.51. The lowest BCUT2D eigenvalue weighted by atomic mass is 10.0. The van der Waals surface area contributed by atoms with Gasteiger partial charge in [0.2, 0.25) is 10.0 Å². The van der Waals surface area contributed by atoms with Crippen LogP contribution in [0.4, 0.5) is 4.39 Å². The van der Waals surface area contributed by atoms with Gasteiger partial charge in [0.05, 0.1) is 12.6 Å². The van der Waals surface area contributed by atoms with E-state index >= 15 is 0 Å². The minimum Gasteiger partial charge on any atom is -0.297 e. The summed E-state index contributed by atoms with van der Waals surface area (Å²) < 4.78 is 41.7. The lowest BCUT2D eigenvalue weighted by Gasteiger charge is -2.23. The van der Waals surface area contributed by atoms with Gasteiger partial charge in [-0.25, -0.2) is 17.5 Å². The van der Waals surface area contributed by atoms with Crippen LogP contribution in [0.5, 0.6) is 0 Å². The minimum absolute atomic E-state index is 0.0142. The zero-order chi connectivity index (χ0) is 18.0. The van der Waals surface area contributed by atoms with Crippen LogP contribution in [-0.4, -0.2) is 32.4 Å². The summed E-state index contributed by atoms with van der Waals surface area (Å²) in [5.41, 5.74) is 1.03. The topological polar surface area (TPSA) is 58.6 Å². The Labute approximate surface area is 151 Å². The molecule has 1 fully saturated rings. The van der Waals surface area contributed by atoms with Crippen molar-refractivity contribution in [1.29, 1.82) is 0 Å². The molecule has 2 unspecified atom stereocenters. The van der Waals surface area contributed by atoms with E-state index in [1.165, 1.54) is 11.1 Å². The van der Waals surface area contributed by atoms with Crippen LogP contribution in [0.25, 0.3) is 0 Å². The Morgan fingerprint density at radius 1 is 1.28 bits per heavy atom. The van der Waals surface area contributed by atoms with Crippen molar-refractivity contribution >= 4 is 21.6 Å². The van der Waals surface area contributed by atoms with Crippen molar-refractivity contribution in [2.75, 3.05) is 13.7 Å². The zero-order valence-corrected chi connectivity index (χ0v) is 15.1. The van der Waals surface area contributed by atoms with Crippen LogP contribution >= 0.6 is 11.6 Å². The minimum atomic E-state index is -3.74. The summed E-state index contributed by atoms with van der Waals surface area (Å²) in [5.74, 6) is -0.448. The van der Waals surface area contributed by atoms with Gasteiger partial charge in [0, 0.05) is 24.2 Å². The number of hydrogen-bond acceptors (Lipinski definition) is 4. The fourth-order valence-corrected chi connectivity index (χ4v) is 4.58. The first-order chi connectivity index (χ1) is 11.9. The second-order valence-electron chi connectivity index (χ2n) is 5.84. The van der Waals surface area contributed by atoms with Gasteiger partial charge >= 0.3 is 0 Å². The van der Waals surface area contributed by atoms with E-state index in [1.807, 2.05) is 0 Å². The Morgan fingerprint density at radius 2 is 2.04 bits per heavy atom. The van der Waals surface area contributed by atoms with Crippen molar-refractivity contribution in [1.82, 2.24) is 9.79 Å². The predicted molar refractivity (Wildman–Crippen MR) is 93.9 cm³/mol. The van der Waals surface area contributed by atoms with Gasteiger partial charge in [-0.1, -0.05) is 41.9 Å². The molecular weight excluding hydrogens is 367 g/mol. The monoisotopic (exact) mass is 384 g/mol. The molecule has 5 nitrogen and oxygen atoms in total. The molecule has 0 amide bonds. The zero-order valence-electron chi connectivity index (χ0n) is 13.5. The molecule has 0 aromatic heterocycles. The molecule has 0 bridgehead atoms. The second-order valence-corrected chi connectivity index (χ2v) is 8.26. The molecular formula is C17H18ClFN2O3S. The average Bonchev–Trinajstić information content (AvgIpc) is 2.97. The molecule has 0 aliphatic carbocycles. The molecule has 3 rings (SSSR count). The van der Waals surface area contributed by atoms with E-state index in [0.717, 1.165) is 5.56 Å². The molecule has 2 aromatic carbocycles. The van der Waals surface area contributed by atoms with E-state index in [1.54, 1.807) is 49.5 Å². The Balaban J connectivity index is 1.82. The standard InChI is InChI=1S/C17H18ClFN2O3S/c1-21-17(12-6-4-7-14(18)9-12)16(11-24-21)25(22,23)20-10-13-5-2-3-8-15(13)19/h2-9,16-17,20H,10-11H2,1H3. The molecule has 1 heterocycles. The maximum atomic E-state index is 13.7. The summed E-state index contributed by atoms with van der Waals surface area (Å²) in [7, 11) is -2.07. The Morgan fingerprint density at radius 3 is 2.76 bits per heavy atom. The van der Waals surface area contributed by atoms with Gasteiger partial charge in [-0.05, 0) is 23.8 Å². The number of rotatable bonds is 5. The van der Waals surface area contributed by atoms with Crippen molar-refractivity contribution in [3.8, 4) is 0 Å². The maximum Gasteiger partial charge on any atom is 0.219 e. The maximum absolute atomic E-state index is 13.7. The molecule has 1 aliphatic heterocycles. The highest BCUT2D eigenvalue weighted by molar-refractivity contribution is 7.90. The van der Waals surface area contributed by atoms with Crippen molar-refractivity contribution in [3.63, 3.8) is 0 Å². The molecule has 0 spiro atoms. The van der Waals surface area contributed by atoms with Crippen LogP contribution in [-0.2, 0) is 21.4 Å². The first-order valence-corrected chi connectivity index (χ1v) is 9.64. The van der Waals surface area contributed by atoms with E-state index in [-0.39, 0.29) is 18.7 Å². The number of nitrogens with zero attached hydrogens (tertiary/aromatic N) is 1. The van der Waals surface area contributed by atoms with Crippen molar-refractivity contribution in [3.05, 3.63) is 70.5 Å². The number of hydrogen-bond donors (Lipinski definition) is 1. The summed E-state index contributed by atoms with van der Waals surface area (Å²) in [6.07, 6.45) is 0. The quantitative estimate of drug-likeness (QED) is 0.861. The number of sulfonamides is 1. The van der Waals surface area contributed by atoms with Crippen LogP contribution in [0.3, 0.4) is 0 Å². The summed E-state index contributed by atoms with van der Waals surface area (Å²) in [5, 5.41) is 1.20. The highest BCUT2D eigenvalue weighted by atomic mass is 35.5. The molecule has 2 aromatic rings. The van der Waals surface area contributed by atoms with E-state index in [9.17, 15) is 12.8 Å². The SMILES string of the molecule is CN1OCC(S(=O)(=O)NCc2ccccc2F)C1c1cccc(Cl)c1. The smallest absolute Gasteiger partial charge is 0.219 e. The van der Waals surface area contributed by atoms with Crippen LogP contribution in [0.1, 0.15) is 17.2 Å². The Kier molecular flexibility index (Phi) is 5.41. The van der Waals surface area contributed by atoms with Gasteiger partial charge in [-0.3, -0.25) is 4.84 Å². The molecule has 134 valence electrons. The van der Waals surface area contributed by atoms with Gasteiger partial charge in [-0.15, -0.1) is 0 Å². The largest absolute Gasteiger partial charge is 0.297 e. The third kappa shape index (κ3) is 4.02. The third-order valence-electron chi connectivity index (χ3n) is 4.20. The molecule has 25 heavy (non-hydrogen) atoms. The van der Waals surface area contributed by atoms with E-state index < -0.39 is 27.1 Å². The average molecular weight is 385 g/mol. The molecule has 2 atom stereocenters. The van der Waals surface area contributed by atoms with Crippen molar-refractivity contribution in [2.45, 2.75) is 17.8 Å². The number of nitrogens with one attached hydrogen (secondary N) is 1. The van der Waals surface area contributed by atoms with Crippen LogP contribution in [0.15, 0.2) is 48.5 Å². The van der Waals surface area contributed by atoms with Gasteiger partial charge < -0.3 is 0 Å². The van der Waals surface area contributed by atoms with Gasteiger partial charge in [0.25, 0.3) is 0 Å². The predicted octanol–water partition coefficient (Wildman–Crippen LogP) is 2.89. The van der Waals surface area contributed by atoms with Gasteiger partial charge in [0.1, 0.15) is 11.1 Å². The summed E-state index contributed by atoms with van der Waals surface area (Å²) in [6, 6.07) is 12.6. The second kappa shape index (κ2) is 7.39.